The Morgan fingerprint density at radius 3 is 1.41 bits per heavy atom. The maximum atomic E-state index is 4.74. The number of rotatable bonds is 6. The van der Waals surface area contributed by atoms with Crippen LogP contribution in [0.1, 0.15) is 0 Å². The molecule has 0 radical (unpaired) electrons. The smallest absolute Gasteiger partial charge is 0.235 e. The normalized spacial score (nSPS) is 10.6. The minimum atomic E-state index is 0.599. The zero-order valence-corrected chi connectivity index (χ0v) is 17.1. The molecule has 0 amide bonds. The van der Waals surface area contributed by atoms with Crippen molar-refractivity contribution in [3.63, 3.8) is 0 Å². The summed E-state index contributed by atoms with van der Waals surface area (Å²) in [7, 11) is 3.93. The highest BCUT2D eigenvalue weighted by Crippen LogP contribution is 2.30. The van der Waals surface area contributed by atoms with E-state index in [0.29, 0.717) is 17.1 Å². The van der Waals surface area contributed by atoms with E-state index in [4.69, 9.17) is 15.0 Å². The van der Waals surface area contributed by atoms with Crippen LogP contribution in [0.25, 0.3) is 0 Å². The first-order valence-corrected chi connectivity index (χ1v) is 10.1. The second-order valence-electron chi connectivity index (χ2n) is 6.42. The highest BCUT2D eigenvalue weighted by Gasteiger charge is 2.16. The van der Waals surface area contributed by atoms with Gasteiger partial charge in [0.2, 0.25) is 11.9 Å². The maximum absolute atomic E-state index is 4.74. The molecule has 0 fully saturated rings. The molecule has 0 atom stereocenters. The first-order chi connectivity index (χ1) is 14.2. The van der Waals surface area contributed by atoms with Crippen LogP contribution in [0.3, 0.4) is 0 Å². The van der Waals surface area contributed by atoms with Gasteiger partial charge in [-0.25, -0.2) is 0 Å². The van der Waals surface area contributed by atoms with E-state index in [1.165, 1.54) is 11.8 Å². The Bertz CT molecular complexity index is 995. The third kappa shape index (κ3) is 4.55. The van der Waals surface area contributed by atoms with Crippen LogP contribution < -0.4 is 9.80 Å². The summed E-state index contributed by atoms with van der Waals surface area (Å²) in [5.41, 5.74) is 2.03. The lowest BCUT2D eigenvalue weighted by Crippen LogP contribution is -2.19. The van der Waals surface area contributed by atoms with Crippen LogP contribution in [0, 0.1) is 0 Å². The molecular formula is C23H21N5S. The van der Waals surface area contributed by atoms with Gasteiger partial charge >= 0.3 is 0 Å². The molecule has 0 saturated carbocycles. The second-order valence-corrected chi connectivity index (χ2v) is 7.46. The van der Waals surface area contributed by atoms with Gasteiger partial charge < -0.3 is 9.80 Å². The van der Waals surface area contributed by atoms with Crippen molar-refractivity contribution in [1.29, 1.82) is 0 Å². The van der Waals surface area contributed by atoms with E-state index in [1.54, 1.807) is 0 Å². The Hall–Kier alpha value is -3.38. The van der Waals surface area contributed by atoms with Gasteiger partial charge in [-0.1, -0.05) is 54.6 Å². The third-order valence-electron chi connectivity index (χ3n) is 4.43. The minimum Gasteiger partial charge on any atom is -0.313 e. The van der Waals surface area contributed by atoms with E-state index in [-0.39, 0.29) is 0 Å². The summed E-state index contributed by atoms with van der Waals surface area (Å²) in [4.78, 5) is 19.2. The van der Waals surface area contributed by atoms with Gasteiger partial charge in [0.05, 0.1) is 0 Å². The number of anilines is 4. The van der Waals surface area contributed by atoms with E-state index in [2.05, 4.69) is 12.1 Å². The second kappa shape index (κ2) is 8.75. The molecule has 0 unspecified atom stereocenters. The molecular weight excluding hydrogens is 378 g/mol. The maximum Gasteiger partial charge on any atom is 0.235 e. The summed E-state index contributed by atoms with van der Waals surface area (Å²) < 4.78 is 0. The first-order valence-electron chi connectivity index (χ1n) is 9.27. The SMILES string of the molecule is CN(c1ccccc1)c1nc(Sc2ccccc2)nc(N(C)c2ccccc2)n1. The standard InChI is InChI=1S/C23H21N5S/c1-27(18-12-6-3-7-13-18)21-24-22(28(2)19-14-8-4-9-15-19)26-23(25-21)29-20-16-10-5-11-17-20/h3-17H,1-2H3. The molecule has 4 aromatic rings. The van der Waals surface area contributed by atoms with E-state index < -0.39 is 0 Å². The topological polar surface area (TPSA) is 45.2 Å². The van der Waals surface area contributed by atoms with E-state index in [0.717, 1.165) is 16.3 Å². The molecule has 0 aliphatic rings. The van der Waals surface area contributed by atoms with Crippen molar-refractivity contribution < 1.29 is 0 Å². The lowest BCUT2D eigenvalue weighted by Gasteiger charge is -2.22. The van der Waals surface area contributed by atoms with Gasteiger partial charge in [0.25, 0.3) is 0 Å². The Labute approximate surface area is 175 Å². The van der Waals surface area contributed by atoms with Crippen LogP contribution in [-0.4, -0.2) is 29.0 Å². The molecule has 0 saturated heterocycles. The summed E-state index contributed by atoms with van der Waals surface area (Å²) in [6.07, 6.45) is 0. The molecule has 3 aromatic carbocycles. The van der Waals surface area contributed by atoms with Gasteiger partial charge in [-0.3, -0.25) is 0 Å². The van der Waals surface area contributed by atoms with Crippen LogP contribution >= 0.6 is 11.8 Å². The van der Waals surface area contributed by atoms with Gasteiger partial charge in [0.1, 0.15) is 0 Å². The molecule has 0 aliphatic carbocycles. The van der Waals surface area contributed by atoms with Crippen LogP contribution in [0.15, 0.2) is 101 Å². The van der Waals surface area contributed by atoms with E-state index in [1.807, 2.05) is 103 Å². The van der Waals surface area contributed by atoms with Crippen LogP contribution in [0.5, 0.6) is 0 Å². The summed E-state index contributed by atoms with van der Waals surface area (Å²) >= 11 is 1.53. The Kier molecular flexibility index (Phi) is 5.72. The zero-order valence-electron chi connectivity index (χ0n) is 16.3. The Morgan fingerprint density at radius 2 is 0.966 bits per heavy atom. The van der Waals surface area contributed by atoms with Crippen molar-refractivity contribution in [3.8, 4) is 0 Å². The number of benzene rings is 3. The minimum absolute atomic E-state index is 0.599. The predicted octanol–water partition coefficient (Wildman–Crippen LogP) is 5.56. The van der Waals surface area contributed by atoms with Crippen LogP contribution in [0.2, 0.25) is 0 Å². The highest BCUT2D eigenvalue weighted by molar-refractivity contribution is 7.99. The molecule has 29 heavy (non-hydrogen) atoms. The summed E-state index contributed by atoms with van der Waals surface area (Å²) in [5.74, 6) is 1.20. The molecule has 1 heterocycles. The van der Waals surface area contributed by atoms with Crippen molar-refractivity contribution >= 4 is 35.0 Å². The highest BCUT2D eigenvalue weighted by atomic mass is 32.2. The zero-order chi connectivity index (χ0) is 20.1. The van der Waals surface area contributed by atoms with Crippen LogP contribution in [0.4, 0.5) is 23.3 Å². The van der Waals surface area contributed by atoms with Gasteiger partial charge in [-0.05, 0) is 48.2 Å². The number of hydrogen-bond acceptors (Lipinski definition) is 6. The fourth-order valence-corrected chi connectivity index (χ4v) is 3.57. The summed E-state index contributed by atoms with van der Waals surface area (Å²) in [6.45, 7) is 0. The number of para-hydroxylation sites is 2. The van der Waals surface area contributed by atoms with Crippen molar-refractivity contribution in [2.75, 3.05) is 23.9 Å². The van der Waals surface area contributed by atoms with Gasteiger partial charge in [-0.2, -0.15) is 15.0 Å². The van der Waals surface area contributed by atoms with Crippen molar-refractivity contribution in [3.05, 3.63) is 91.0 Å². The summed E-state index contributed by atoms with van der Waals surface area (Å²) in [5, 5.41) is 0.654. The molecule has 0 spiro atoms. The van der Waals surface area contributed by atoms with E-state index >= 15 is 0 Å². The molecule has 0 bridgehead atoms. The van der Waals surface area contributed by atoms with Gasteiger partial charge in [0, 0.05) is 30.4 Å². The molecule has 1 aromatic heterocycles. The quantitative estimate of drug-likeness (QED) is 0.423. The van der Waals surface area contributed by atoms with Gasteiger partial charge in [-0.15, -0.1) is 0 Å². The lowest BCUT2D eigenvalue weighted by molar-refractivity contribution is 0.861. The van der Waals surface area contributed by atoms with Crippen molar-refractivity contribution in [2.24, 2.45) is 0 Å². The number of aromatic nitrogens is 3. The first kappa shape index (κ1) is 19.0. The molecule has 5 nitrogen and oxygen atoms in total. The molecule has 0 N–H and O–H groups in total. The number of hydrogen-bond donors (Lipinski definition) is 0. The molecule has 4 rings (SSSR count). The number of nitrogens with zero attached hydrogens (tertiary/aromatic N) is 5. The van der Waals surface area contributed by atoms with E-state index in [9.17, 15) is 0 Å². The van der Waals surface area contributed by atoms with Crippen molar-refractivity contribution in [2.45, 2.75) is 10.1 Å². The fourth-order valence-electron chi connectivity index (χ4n) is 2.81. The molecule has 144 valence electrons. The Morgan fingerprint density at radius 1 is 0.552 bits per heavy atom. The van der Waals surface area contributed by atoms with Crippen LogP contribution in [-0.2, 0) is 0 Å². The monoisotopic (exact) mass is 399 g/mol. The van der Waals surface area contributed by atoms with Gasteiger partial charge in [0.15, 0.2) is 5.16 Å². The Balaban J connectivity index is 1.74. The van der Waals surface area contributed by atoms with Crippen molar-refractivity contribution in [1.82, 2.24) is 15.0 Å². The summed E-state index contributed by atoms with van der Waals surface area (Å²) in [6, 6.07) is 30.3. The average molecular weight is 400 g/mol. The average Bonchev–Trinajstić information content (AvgIpc) is 2.79. The third-order valence-corrected chi connectivity index (χ3v) is 5.30. The lowest BCUT2D eigenvalue weighted by atomic mass is 10.3. The molecule has 6 heteroatoms. The fraction of sp³-hybridized carbons (Fsp3) is 0.0870. The largest absolute Gasteiger partial charge is 0.313 e. The predicted molar refractivity (Wildman–Crippen MR) is 119 cm³/mol. The molecule has 0 aliphatic heterocycles.